The van der Waals surface area contributed by atoms with Crippen LogP contribution in [-0.4, -0.2) is 98.4 Å². The lowest BCUT2D eigenvalue weighted by molar-refractivity contribution is -0.0132. The van der Waals surface area contributed by atoms with Crippen molar-refractivity contribution >= 4 is 34.4 Å². The van der Waals surface area contributed by atoms with Gasteiger partial charge in [-0.25, -0.2) is 18.0 Å². The molecule has 41 heavy (non-hydrogen) atoms. The summed E-state index contributed by atoms with van der Waals surface area (Å²) in [5, 5.41) is -0.152. The number of nitrogens with zero attached hydrogens (tertiary/aromatic N) is 6. The number of anilines is 1. The van der Waals surface area contributed by atoms with Crippen LogP contribution >= 0.6 is 11.6 Å². The van der Waals surface area contributed by atoms with Gasteiger partial charge in [-0.3, -0.25) is 9.80 Å². The van der Waals surface area contributed by atoms with Crippen molar-refractivity contribution in [2.45, 2.75) is 94.7 Å². The van der Waals surface area contributed by atoms with Gasteiger partial charge >= 0.3 is 12.1 Å². The van der Waals surface area contributed by atoms with E-state index in [1.807, 2.05) is 32.6 Å². The number of hydrogen-bond acceptors (Lipinski definition) is 9. The number of carbonyl (C=O) groups is 1. The lowest BCUT2D eigenvalue weighted by Gasteiger charge is -2.48. The molecule has 0 radical (unpaired) electrons. The summed E-state index contributed by atoms with van der Waals surface area (Å²) in [5.74, 6) is -3.19. The number of amides is 1. The Balaban J connectivity index is 1.27. The fourth-order valence-electron chi connectivity index (χ4n) is 7.32. The first kappa shape index (κ1) is 27.1. The van der Waals surface area contributed by atoms with E-state index in [4.69, 9.17) is 30.8 Å². The normalized spacial score (nSPS) is 31.7. The number of fused-ring (bicyclic) bond motifs is 6. The van der Waals surface area contributed by atoms with Gasteiger partial charge in [-0.15, -0.1) is 0 Å². The zero-order valence-electron chi connectivity index (χ0n) is 23.3. The van der Waals surface area contributed by atoms with Crippen LogP contribution in [0, 0.1) is 5.82 Å². The zero-order chi connectivity index (χ0) is 29.1. The first-order valence-electron chi connectivity index (χ1n) is 14.0. The van der Waals surface area contributed by atoms with Gasteiger partial charge in [-0.05, 0) is 47.0 Å². The van der Waals surface area contributed by atoms with Crippen molar-refractivity contribution < 1.29 is 32.2 Å². The summed E-state index contributed by atoms with van der Waals surface area (Å²) in [6, 6.07) is -0.919. The smallest absolute Gasteiger partial charge is 0.410 e. The van der Waals surface area contributed by atoms with Gasteiger partial charge in [0.1, 0.15) is 35.0 Å². The Morgan fingerprint density at radius 1 is 1.22 bits per heavy atom. The van der Waals surface area contributed by atoms with Crippen LogP contribution < -0.4 is 14.4 Å². The molecule has 2 aromatic heterocycles. The van der Waals surface area contributed by atoms with E-state index in [-0.39, 0.29) is 66.6 Å². The van der Waals surface area contributed by atoms with E-state index in [1.54, 1.807) is 9.80 Å². The Bertz CT molecular complexity index is 1440. The average Bonchev–Trinajstić information content (AvgIpc) is 3.22. The number of halogens is 4. The molecule has 10 nitrogen and oxygen atoms in total. The standard InChI is InChI=1S/C27H32ClF3N6O4/c1-13-19-15-6-5-14(37(15)24(38)41-25(2,3)4)9-36(19)21-16-18(17(29)20(28)33-22(16)40-13)32-23(34-21)39-12-26-7-8-35(26)11-27(30,31)10-26/h13-15,19H,5-12H2,1-4H3/t13-,14+,15-,19+,26-/m0/s1. The molecule has 2 bridgehead atoms. The van der Waals surface area contributed by atoms with Crippen LogP contribution in [0.2, 0.25) is 5.15 Å². The molecule has 7 rings (SSSR count). The number of ether oxygens (including phenoxy) is 3. The fourth-order valence-corrected chi connectivity index (χ4v) is 7.49. The molecule has 0 N–H and O–H groups in total. The van der Waals surface area contributed by atoms with Crippen molar-refractivity contribution in [3.8, 4) is 11.9 Å². The third kappa shape index (κ3) is 4.25. The summed E-state index contributed by atoms with van der Waals surface area (Å²) in [5.41, 5.74) is -1.57. The van der Waals surface area contributed by atoms with Crippen molar-refractivity contribution in [3.05, 3.63) is 11.0 Å². The maximum Gasteiger partial charge on any atom is 0.410 e. The summed E-state index contributed by atoms with van der Waals surface area (Å²) in [6.07, 6.45) is 0.873. The molecule has 0 spiro atoms. The van der Waals surface area contributed by atoms with Crippen LogP contribution in [0.25, 0.3) is 10.9 Å². The second-order valence-corrected chi connectivity index (χ2v) is 13.3. The summed E-state index contributed by atoms with van der Waals surface area (Å²) in [4.78, 5) is 32.0. The molecule has 7 heterocycles. The number of piperazine rings is 1. The van der Waals surface area contributed by atoms with E-state index in [2.05, 4.69) is 9.97 Å². The van der Waals surface area contributed by atoms with Crippen LogP contribution in [-0.2, 0) is 4.74 Å². The van der Waals surface area contributed by atoms with Gasteiger partial charge in [0.25, 0.3) is 5.92 Å². The number of carbonyl (C=O) groups excluding carboxylic acids is 1. The molecule has 4 fully saturated rings. The van der Waals surface area contributed by atoms with Gasteiger partial charge in [-0.2, -0.15) is 15.0 Å². The Kier molecular flexibility index (Phi) is 5.84. The number of alkyl halides is 2. The predicted octanol–water partition coefficient (Wildman–Crippen LogP) is 4.42. The quantitative estimate of drug-likeness (QED) is 0.478. The van der Waals surface area contributed by atoms with Crippen molar-refractivity contribution in [2.24, 2.45) is 0 Å². The van der Waals surface area contributed by atoms with E-state index < -0.39 is 34.1 Å². The highest BCUT2D eigenvalue weighted by Gasteiger charge is 2.60. The topological polar surface area (TPSA) is 93.2 Å². The first-order valence-corrected chi connectivity index (χ1v) is 14.4. The summed E-state index contributed by atoms with van der Waals surface area (Å²) in [7, 11) is 0. The Morgan fingerprint density at radius 3 is 2.68 bits per heavy atom. The minimum absolute atomic E-state index is 0.0468. The predicted molar refractivity (Wildman–Crippen MR) is 142 cm³/mol. The minimum Gasteiger partial charge on any atom is -0.472 e. The minimum atomic E-state index is -2.79. The highest BCUT2D eigenvalue weighted by Crippen LogP contribution is 2.49. The van der Waals surface area contributed by atoms with Gasteiger partial charge < -0.3 is 19.1 Å². The molecule has 2 aromatic rings. The van der Waals surface area contributed by atoms with Crippen molar-refractivity contribution in [1.82, 2.24) is 24.8 Å². The number of pyridine rings is 1. The lowest BCUT2D eigenvalue weighted by Crippen LogP contribution is -2.65. The van der Waals surface area contributed by atoms with Crippen LogP contribution in [0.15, 0.2) is 0 Å². The van der Waals surface area contributed by atoms with E-state index in [1.165, 1.54) is 0 Å². The molecule has 4 saturated heterocycles. The molecule has 14 heteroatoms. The Morgan fingerprint density at radius 2 is 2.00 bits per heavy atom. The second kappa shape index (κ2) is 8.85. The largest absolute Gasteiger partial charge is 0.472 e. The number of rotatable bonds is 3. The van der Waals surface area contributed by atoms with Crippen LogP contribution in [0.5, 0.6) is 11.9 Å². The third-order valence-electron chi connectivity index (χ3n) is 9.03. The van der Waals surface area contributed by atoms with Gasteiger partial charge in [0.15, 0.2) is 11.0 Å². The molecule has 5 aliphatic heterocycles. The van der Waals surface area contributed by atoms with E-state index >= 15 is 4.39 Å². The van der Waals surface area contributed by atoms with Crippen molar-refractivity contribution in [3.63, 3.8) is 0 Å². The maximum atomic E-state index is 15.4. The summed E-state index contributed by atoms with van der Waals surface area (Å²) < 4.78 is 61.8. The molecule has 5 aliphatic rings. The van der Waals surface area contributed by atoms with E-state index in [0.29, 0.717) is 25.3 Å². The summed E-state index contributed by atoms with van der Waals surface area (Å²) in [6.45, 7) is 7.97. The van der Waals surface area contributed by atoms with Gasteiger partial charge in [-0.1, -0.05) is 11.6 Å². The zero-order valence-corrected chi connectivity index (χ0v) is 24.1. The fraction of sp³-hybridized carbons (Fsp3) is 0.704. The van der Waals surface area contributed by atoms with Crippen LogP contribution in [0.1, 0.15) is 53.4 Å². The molecule has 5 atom stereocenters. The SMILES string of the molecule is C[C@@H]1Oc2nc(Cl)c(F)c3nc(OC[C@@]45CCN4CC(F)(F)C5)nc(c23)N2C[C@H]3CC[C@@H]([C@@H]12)N3C(=O)OC(C)(C)C. The van der Waals surface area contributed by atoms with Crippen LogP contribution in [0.4, 0.5) is 23.8 Å². The Hall–Kier alpha value is -2.80. The molecular weight excluding hydrogens is 565 g/mol. The molecule has 0 unspecified atom stereocenters. The number of aromatic nitrogens is 3. The van der Waals surface area contributed by atoms with Crippen LogP contribution in [0.3, 0.4) is 0 Å². The second-order valence-electron chi connectivity index (χ2n) is 12.9. The maximum absolute atomic E-state index is 15.4. The molecule has 0 aliphatic carbocycles. The number of hydrogen-bond donors (Lipinski definition) is 0. The van der Waals surface area contributed by atoms with Gasteiger partial charge in [0, 0.05) is 19.5 Å². The highest BCUT2D eigenvalue weighted by molar-refractivity contribution is 6.30. The highest BCUT2D eigenvalue weighted by atomic mass is 35.5. The van der Waals surface area contributed by atoms with E-state index in [9.17, 15) is 13.6 Å². The van der Waals surface area contributed by atoms with Gasteiger partial charge in [0.05, 0.1) is 30.2 Å². The average molecular weight is 597 g/mol. The van der Waals surface area contributed by atoms with E-state index in [0.717, 1.165) is 12.8 Å². The first-order chi connectivity index (χ1) is 19.3. The monoisotopic (exact) mass is 596 g/mol. The van der Waals surface area contributed by atoms with Crippen molar-refractivity contribution in [2.75, 3.05) is 31.1 Å². The molecule has 1 amide bonds. The molecule has 0 aromatic carbocycles. The third-order valence-corrected chi connectivity index (χ3v) is 9.28. The lowest BCUT2D eigenvalue weighted by atomic mass is 9.85. The Labute approximate surface area is 240 Å². The van der Waals surface area contributed by atoms with Crippen molar-refractivity contribution in [1.29, 1.82) is 0 Å². The summed E-state index contributed by atoms with van der Waals surface area (Å²) >= 11 is 6.17. The molecule has 222 valence electrons. The van der Waals surface area contributed by atoms with Gasteiger partial charge in [0.2, 0.25) is 5.88 Å². The molecule has 0 saturated carbocycles. The molecular formula is C27H32ClF3N6O4.